The number of rotatable bonds is 5. The van der Waals surface area contributed by atoms with Gasteiger partial charge in [0.25, 0.3) is 0 Å². The van der Waals surface area contributed by atoms with Gasteiger partial charge in [-0.1, -0.05) is 15.9 Å². The number of nitrogens with one attached hydrogen (secondary N) is 1. The van der Waals surface area contributed by atoms with E-state index >= 15 is 0 Å². The van der Waals surface area contributed by atoms with Gasteiger partial charge in [-0.05, 0) is 77.5 Å². The molecule has 0 aromatic heterocycles. The fraction of sp³-hybridized carbons (Fsp3) is 0.188. The third-order valence-corrected chi connectivity index (χ3v) is 5.60. The van der Waals surface area contributed by atoms with Crippen molar-refractivity contribution >= 4 is 65.8 Å². The fourth-order valence-corrected chi connectivity index (χ4v) is 3.86. The molecule has 0 fully saturated rings. The number of hydrogen-bond acceptors (Lipinski definition) is 3. The van der Waals surface area contributed by atoms with E-state index in [0.29, 0.717) is 11.4 Å². The molecule has 0 heterocycles. The second-order valence-corrected chi connectivity index (χ2v) is 9.32. The van der Waals surface area contributed by atoms with Crippen LogP contribution in [0.4, 0.5) is 11.4 Å². The molecule has 2 aromatic rings. The Bertz CT molecular complexity index is 854. The molecule has 128 valence electrons. The van der Waals surface area contributed by atoms with Gasteiger partial charge in [0.05, 0.1) is 11.9 Å². The molecule has 1 amide bonds. The minimum atomic E-state index is -3.58. The van der Waals surface area contributed by atoms with Crippen LogP contribution in [-0.4, -0.2) is 27.1 Å². The number of carbonyl (C=O) groups excluding carboxylic acids is 1. The van der Waals surface area contributed by atoms with Crippen LogP contribution < -0.4 is 9.62 Å². The van der Waals surface area contributed by atoms with Crippen LogP contribution in [0.5, 0.6) is 0 Å². The van der Waals surface area contributed by atoms with E-state index in [1.54, 1.807) is 30.3 Å². The maximum Gasteiger partial charge on any atom is 0.245 e. The summed E-state index contributed by atoms with van der Waals surface area (Å²) in [4.78, 5) is 12.3. The SMILES string of the molecule is Cc1cc(I)ccc1NC(=O)CN(c1ccc(Br)cc1)S(C)(=O)=O. The second-order valence-electron chi connectivity index (χ2n) is 5.25. The fourth-order valence-electron chi connectivity index (χ4n) is 2.09. The highest BCUT2D eigenvalue weighted by Crippen LogP contribution is 2.21. The lowest BCUT2D eigenvalue weighted by molar-refractivity contribution is -0.114. The molecule has 0 saturated heterocycles. The van der Waals surface area contributed by atoms with Crippen LogP contribution in [0.1, 0.15) is 5.56 Å². The van der Waals surface area contributed by atoms with E-state index in [4.69, 9.17) is 0 Å². The van der Waals surface area contributed by atoms with Crippen molar-refractivity contribution in [2.24, 2.45) is 0 Å². The van der Waals surface area contributed by atoms with Crippen molar-refractivity contribution in [2.45, 2.75) is 6.92 Å². The average Bonchev–Trinajstić information content (AvgIpc) is 2.48. The molecule has 0 spiro atoms. The van der Waals surface area contributed by atoms with Crippen molar-refractivity contribution < 1.29 is 13.2 Å². The van der Waals surface area contributed by atoms with Crippen molar-refractivity contribution in [3.63, 3.8) is 0 Å². The Labute approximate surface area is 163 Å². The monoisotopic (exact) mass is 522 g/mol. The Morgan fingerprint density at radius 3 is 2.38 bits per heavy atom. The van der Waals surface area contributed by atoms with Gasteiger partial charge in [0.1, 0.15) is 6.54 Å². The summed E-state index contributed by atoms with van der Waals surface area (Å²) >= 11 is 5.50. The highest BCUT2D eigenvalue weighted by molar-refractivity contribution is 14.1. The topological polar surface area (TPSA) is 66.5 Å². The number of sulfonamides is 1. The molecule has 0 atom stereocenters. The summed E-state index contributed by atoms with van der Waals surface area (Å²) in [6.45, 7) is 1.60. The molecular weight excluding hydrogens is 507 g/mol. The van der Waals surface area contributed by atoms with Crippen molar-refractivity contribution in [1.29, 1.82) is 0 Å². The number of aryl methyl sites for hydroxylation is 1. The Balaban J connectivity index is 2.20. The van der Waals surface area contributed by atoms with Crippen LogP contribution in [0.2, 0.25) is 0 Å². The van der Waals surface area contributed by atoms with E-state index < -0.39 is 15.9 Å². The largest absolute Gasteiger partial charge is 0.324 e. The Morgan fingerprint density at radius 1 is 1.21 bits per heavy atom. The summed E-state index contributed by atoms with van der Waals surface area (Å²) in [5.74, 6) is -0.396. The number of amides is 1. The van der Waals surface area contributed by atoms with Crippen molar-refractivity contribution in [3.8, 4) is 0 Å². The molecule has 0 aliphatic rings. The first-order valence-corrected chi connectivity index (χ1v) is 10.7. The summed E-state index contributed by atoms with van der Waals surface area (Å²) in [5, 5.41) is 2.76. The van der Waals surface area contributed by atoms with E-state index in [1.165, 1.54) is 0 Å². The lowest BCUT2D eigenvalue weighted by atomic mass is 10.2. The zero-order chi connectivity index (χ0) is 17.9. The highest BCUT2D eigenvalue weighted by atomic mass is 127. The van der Waals surface area contributed by atoms with Gasteiger partial charge in [0, 0.05) is 13.7 Å². The third-order valence-electron chi connectivity index (χ3n) is 3.26. The van der Waals surface area contributed by atoms with Crippen molar-refractivity contribution in [1.82, 2.24) is 0 Å². The van der Waals surface area contributed by atoms with Crippen molar-refractivity contribution in [2.75, 3.05) is 22.4 Å². The molecule has 0 aliphatic heterocycles. The van der Waals surface area contributed by atoms with Gasteiger partial charge in [-0.25, -0.2) is 8.42 Å². The predicted octanol–water partition coefficient (Wildman–Crippen LogP) is 3.77. The summed E-state index contributed by atoms with van der Waals surface area (Å²) in [6, 6.07) is 12.4. The number of carbonyl (C=O) groups is 1. The molecule has 5 nitrogen and oxygen atoms in total. The number of nitrogens with zero attached hydrogens (tertiary/aromatic N) is 1. The van der Waals surface area contributed by atoms with E-state index in [0.717, 1.165) is 24.2 Å². The zero-order valence-electron chi connectivity index (χ0n) is 13.1. The van der Waals surface area contributed by atoms with Crippen LogP contribution in [-0.2, 0) is 14.8 Å². The summed E-state index contributed by atoms with van der Waals surface area (Å²) in [5.41, 5.74) is 2.03. The molecular formula is C16H16BrIN2O3S. The Kier molecular flexibility index (Phi) is 6.27. The maximum absolute atomic E-state index is 12.3. The van der Waals surface area contributed by atoms with Gasteiger partial charge in [0.2, 0.25) is 15.9 Å². The molecule has 0 aliphatic carbocycles. The summed E-state index contributed by atoms with van der Waals surface area (Å²) in [7, 11) is -3.58. The summed E-state index contributed by atoms with van der Waals surface area (Å²) < 4.78 is 27.1. The quantitative estimate of drug-likeness (QED) is 0.608. The first-order valence-electron chi connectivity index (χ1n) is 6.96. The van der Waals surface area contributed by atoms with Gasteiger partial charge in [-0.3, -0.25) is 9.10 Å². The molecule has 24 heavy (non-hydrogen) atoms. The van der Waals surface area contributed by atoms with Gasteiger partial charge < -0.3 is 5.32 Å². The minimum absolute atomic E-state index is 0.286. The van der Waals surface area contributed by atoms with E-state index in [9.17, 15) is 13.2 Å². The molecule has 0 saturated carbocycles. The first-order chi connectivity index (χ1) is 11.2. The highest BCUT2D eigenvalue weighted by Gasteiger charge is 2.21. The molecule has 0 radical (unpaired) electrons. The molecule has 8 heteroatoms. The predicted molar refractivity (Wildman–Crippen MR) is 109 cm³/mol. The van der Waals surface area contributed by atoms with Gasteiger partial charge in [-0.15, -0.1) is 0 Å². The van der Waals surface area contributed by atoms with Gasteiger partial charge >= 0.3 is 0 Å². The van der Waals surface area contributed by atoms with E-state index in [-0.39, 0.29) is 6.54 Å². The zero-order valence-corrected chi connectivity index (χ0v) is 17.6. The van der Waals surface area contributed by atoms with Crippen LogP contribution >= 0.6 is 38.5 Å². The number of anilines is 2. The number of hydrogen-bond donors (Lipinski definition) is 1. The smallest absolute Gasteiger partial charge is 0.245 e. The summed E-state index contributed by atoms with van der Waals surface area (Å²) in [6.07, 6.45) is 1.08. The lowest BCUT2D eigenvalue weighted by Gasteiger charge is -2.22. The molecule has 2 aromatic carbocycles. The van der Waals surface area contributed by atoms with Crippen molar-refractivity contribution in [3.05, 3.63) is 56.1 Å². The van der Waals surface area contributed by atoms with Gasteiger partial charge in [-0.2, -0.15) is 0 Å². The van der Waals surface area contributed by atoms with Crippen LogP contribution in [0.25, 0.3) is 0 Å². The normalized spacial score (nSPS) is 11.2. The Morgan fingerprint density at radius 2 is 1.83 bits per heavy atom. The molecule has 0 bridgehead atoms. The molecule has 0 unspecified atom stereocenters. The van der Waals surface area contributed by atoms with Crippen LogP contribution in [0, 0.1) is 10.5 Å². The Hall–Kier alpha value is -1.13. The number of benzene rings is 2. The molecule has 2 rings (SSSR count). The standard InChI is InChI=1S/C16H16BrIN2O3S/c1-11-9-13(18)5-8-15(11)19-16(21)10-20(24(2,22)23)14-6-3-12(17)4-7-14/h3-9H,10H2,1-2H3,(H,19,21). The van der Waals surface area contributed by atoms with E-state index in [1.807, 2.05) is 19.1 Å². The first kappa shape index (κ1) is 19.2. The minimum Gasteiger partial charge on any atom is -0.324 e. The second kappa shape index (κ2) is 7.83. The van der Waals surface area contributed by atoms with Crippen LogP contribution in [0.3, 0.4) is 0 Å². The number of halogens is 2. The lowest BCUT2D eigenvalue weighted by Crippen LogP contribution is -2.37. The van der Waals surface area contributed by atoms with Gasteiger partial charge in [0.15, 0.2) is 0 Å². The van der Waals surface area contributed by atoms with Crippen LogP contribution in [0.15, 0.2) is 46.9 Å². The molecule has 1 N–H and O–H groups in total. The average molecular weight is 523 g/mol. The third kappa shape index (κ3) is 5.18. The maximum atomic E-state index is 12.3. The van der Waals surface area contributed by atoms with E-state index in [2.05, 4.69) is 43.8 Å².